The third-order valence-corrected chi connectivity index (χ3v) is 6.47. The first-order chi connectivity index (χ1) is 13.8. The molecular weight excluding hydrogens is 408 g/mol. The molecule has 1 aliphatic heterocycles. The van der Waals surface area contributed by atoms with Crippen molar-refractivity contribution < 1.29 is 14.6 Å². The molecule has 0 saturated carbocycles. The van der Waals surface area contributed by atoms with Crippen molar-refractivity contribution in [3.8, 4) is 5.75 Å². The Hall–Kier alpha value is -1.60. The van der Waals surface area contributed by atoms with E-state index < -0.39 is 6.10 Å². The van der Waals surface area contributed by atoms with Crippen molar-refractivity contribution in [1.29, 1.82) is 0 Å². The molecule has 1 aromatic heterocycles. The van der Waals surface area contributed by atoms with Crippen molar-refractivity contribution in [2.45, 2.75) is 32.8 Å². The average Bonchev–Trinajstić information content (AvgIpc) is 3.23. The van der Waals surface area contributed by atoms with Gasteiger partial charge in [0.15, 0.2) is 0 Å². The van der Waals surface area contributed by atoms with Crippen molar-refractivity contribution in [2.24, 2.45) is 0 Å². The summed E-state index contributed by atoms with van der Waals surface area (Å²) in [5, 5.41) is 13.1. The van der Waals surface area contributed by atoms with Crippen molar-refractivity contribution >= 4 is 28.8 Å². The molecule has 1 saturated heterocycles. The molecule has 29 heavy (non-hydrogen) atoms. The van der Waals surface area contributed by atoms with E-state index in [9.17, 15) is 9.90 Å². The van der Waals surface area contributed by atoms with Gasteiger partial charge in [-0.15, -0.1) is 11.3 Å². The maximum atomic E-state index is 12.4. The predicted octanol–water partition coefficient (Wildman–Crippen LogP) is 4.03. The molecule has 0 radical (unpaired) electrons. The first kappa shape index (κ1) is 22.1. The highest BCUT2D eigenvalue weighted by atomic mass is 35.5. The highest BCUT2D eigenvalue weighted by molar-refractivity contribution is 7.12. The Bertz CT molecular complexity index is 818. The van der Waals surface area contributed by atoms with Crippen LogP contribution in [0.4, 0.5) is 0 Å². The fourth-order valence-corrected chi connectivity index (χ4v) is 4.34. The summed E-state index contributed by atoms with van der Waals surface area (Å²) < 4.78 is 5.95. The van der Waals surface area contributed by atoms with Gasteiger partial charge >= 0.3 is 0 Å². The minimum atomic E-state index is -0.592. The molecule has 2 aromatic rings. The lowest BCUT2D eigenvalue weighted by atomic mass is 10.0. The Morgan fingerprint density at radius 1 is 1.28 bits per heavy atom. The first-order valence-corrected chi connectivity index (χ1v) is 11.3. The SMILES string of the molecule is Cc1cc(OCC(O)CN2CCN(C(=O)c3cccs3)CC2)c(C(C)C)cc1Cl. The number of aryl methyl sites for hydroxylation is 1. The molecule has 1 unspecified atom stereocenters. The van der Waals surface area contributed by atoms with Gasteiger partial charge in [-0.3, -0.25) is 9.69 Å². The summed E-state index contributed by atoms with van der Waals surface area (Å²) in [4.78, 5) is 17.3. The van der Waals surface area contributed by atoms with Gasteiger partial charge in [0.05, 0.1) is 4.88 Å². The normalized spacial score (nSPS) is 16.3. The van der Waals surface area contributed by atoms with Crippen LogP contribution in [-0.4, -0.2) is 66.2 Å². The Labute approximate surface area is 181 Å². The quantitative estimate of drug-likeness (QED) is 0.711. The van der Waals surface area contributed by atoms with E-state index >= 15 is 0 Å². The Kier molecular flexibility index (Phi) is 7.57. The van der Waals surface area contributed by atoms with E-state index in [0.29, 0.717) is 19.6 Å². The maximum absolute atomic E-state index is 12.4. The number of ether oxygens (including phenoxy) is 1. The number of hydrogen-bond donors (Lipinski definition) is 1. The number of benzene rings is 1. The lowest BCUT2D eigenvalue weighted by molar-refractivity contribution is 0.0404. The number of aliphatic hydroxyl groups excluding tert-OH is 1. The number of amides is 1. The van der Waals surface area contributed by atoms with E-state index in [-0.39, 0.29) is 18.4 Å². The topological polar surface area (TPSA) is 53.0 Å². The van der Waals surface area contributed by atoms with E-state index in [1.165, 1.54) is 11.3 Å². The van der Waals surface area contributed by atoms with Crippen LogP contribution in [-0.2, 0) is 0 Å². The Morgan fingerprint density at radius 3 is 2.62 bits per heavy atom. The third kappa shape index (κ3) is 5.72. The van der Waals surface area contributed by atoms with Crippen LogP contribution in [0.25, 0.3) is 0 Å². The number of carbonyl (C=O) groups is 1. The summed E-state index contributed by atoms with van der Waals surface area (Å²) in [7, 11) is 0. The Balaban J connectivity index is 1.48. The van der Waals surface area contributed by atoms with Gasteiger partial charge in [0.1, 0.15) is 18.5 Å². The van der Waals surface area contributed by atoms with Crippen LogP contribution in [0.3, 0.4) is 0 Å². The smallest absolute Gasteiger partial charge is 0.264 e. The second-order valence-electron chi connectivity index (χ2n) is 7.83. The molecule has 0 bridgehead atoms. The summed E-state index contributed by atoms with van der Waals surface area (Å²) in [6.07, 6.45) is -0.592. The predicted molar refractivity (Wildman–Crippen MR) is 118 cm³/mol. The lowest BCUT2D eigenvalue weighted by Crippen LogP contribution is -2.50. The largest absolute Gasteiger partial charge is 0.491 e. The van der Waals surface area contributed by atoms with Crippen LogP contribution in [0.1, 0.15) is 40.6 Å². The molecule has 0 aliphatic carbocycles. The minimum absolute atomic E-state index is 0.0999. The first-order valence-electron chi connectivity index (χ1n) is 10.0. The lowest BCUT2D eigenvalue weighted by Gasteiger charge is -2.35. The zero-order chi connectivity index (χ0) is 21.0. The van der Waals surface area contributed by atoms with Gasteiger partial charge in [0.2, 0.25) is 0 Å². The van der Waals surface area contributed by atoms with E-state index in [2.05, 4.69) is 18.7 Å². The van der Waals surface area contributed by atoms with Crippen molar-refractivity contribution in [1.82, 2.24) is 9.80 Å². The highest BCUT2D eigenvalue weighted by Gasteiger charge is 2.24. The van der Waals surface area contributed by atoms with Crippen molar-refractivity contribution in [3.63, 3.8) is 0 Å². The molecule has 0 spiro atoms. The molecule has 1 amide bonds. The van der Waals surface area contributed by atoms with Crippen LogP contribution in [0.2, 0.25) is 5.02 Å². The number of halogens is 1. The van der Waals surface area contributed by atoms with Gasteiger partial charge in [-0.2, -0.15) is 0 Å². The average molecular weight is 437 g/mol. The zero-order valence-corrected chi connectivity index (χ0v) is 18.8. The summed E-state index contributed by atoms with van der Waals surface area (Å²) in [6.45, 7) is 9.78. The molecule has 2 heterocycles. The van der Waals surface area contributed by atoms with Crippen molar-refractivity contribution in [3.05, 3.63) is 50.7 Å². The van der Waals surface area contributed by atoms with Crippen LogP contribution < -0.4 is 4.74 Å². The van der Waals surface area contributed by atoms with Gasteiger partial charge in [0, 0.05) is 37.7 Å². The van der Waals surface area contributed by atoms with E-state index in [1.807, 2.05) is 41.5 Å². The molecule has 5 nitrogen and oxygen atoms in total. The summed E-state index contributed by atoms with van der Waals surface area (Å²) >= 11 is 7.72. The van der Waals surface area contributed by atoms with Crippen LogP contribution in [0.15, 0.2) is 29.6 Å². The number of nitrogens with zero attached hydrogens (tertiary/aromatic N) is 2. The summed E-state index contributed by atoms with van der Waals surface area (Å²) in [6, 6.07) is 7.66. The maximum Gasteiger partial charge on any atom is 0.264 e. The summed E-state index contributed by atoms with van der Waals surface area (Å²) in [5.74, 6) is 1.17. The number of carbonyl (C=O) groups excluding carboxylic acids is 1. The summed E-state index contributed by atoms with van der Waals surface area (Å²) in [5.41, 5.74) is 2.01. The second-order valence-corrected chi connectivity index (χ2v) is 9.18. The van der Waals surface area contributed by atoms with Gasteiger partial charge in [0.25, 0.3) is 5.91 Å². The van der Waals surface area contributed by atoms with Crippen LogP contribution in [0, 0.1) is 6.92 Å². The number of thiophene rings is 1. The molecule has 1 aromatic carbocycles. The van der Waals surface area contributed by atoms with E-state index in [4.69, 9.17) is 16.3 Å². The van der Waals surface area contributed by atoms with Crippen molar-refractivity contribution in [2.75, 3.05) is 39.3 Å². The standard InChI is InChI=1S/C22H29ClN2O3S/c1-15(2)18-12-19(23)16(3)11-20(18)28-14-17(26)13-24-6-8-25(9-7-24)22(27)21-5-4-10-29-21/h4-5,10-12,15,17,26H,6-9,13-14H2,1-3H3. The second kappa shape index (κ2) is 9.94. The fourth-order valence-electron chi connectivity index (χ4n) is 3.47. The van der Waals surface area contributed by atoms with Gasteiger partial charge < -0.3 is 14.7 Å². The third-order valence-electron chi connectivity index (χ3n) is 5.20. The number of piperazine rings is 1. The number of hydrogen-bond acceptors (Lipinski definition) is 5. The molecule has 1 atom stereocenters. The van der Waals surface area contributed by atoms with E-state index in [1.54, 1.807) is 0 Å². The monoisotopic (exact) mass is 436 g/mol. The van der Waals surface area contributed by atoms with Gasteiger partial charge in [-0.1, -0.05) is 31.5 Å². The molecule has 1 fully saturated rings. The zero-order valence-electron chi connectivity index (χ0n) is 17.2. The number of β-amino-alcohol motifs (C(OH)–C–C–N with tert-alkyl or cyclic N) is 1. The number of aliphatic hydroxyl groups is 1. The minimum Gasteiger partial charge on any atom is -0.491 e. The number of rotatable bonds is 7. The van der Waals surface area contributed by atoms with Gasteiger partial charge in [-0.05, 0) is 47.5 Å². The van der Waals surface area contributed by atoms with Gasteiger partial charge in [-0.25, -0.2) is 0 Å². The molecule has 7 heteroatoms. The molecule has 1 N–H and O–H groups in total. The van der Waals surface area contributed by atoms with Crippen LogP contribution in [0.5, 0.6) is 5.75 Å². The fraction of sp³-hybridized carbons (Fsp3) is 0.500. The Morgan fingerprint density at radius 2 is 2.00 bits per heavy atom. The molecule has 3 rings (SSSR count). The van der Waals surface area contributed by atoms with Crippen LogP contribution >= 0.6 is 22.9 Å². The highest BCUT2D eigenvalue weighted by Crippen LogP contribution is 2.32. The molecule has 1 aliphatic rings. The molecular formula is C22H29ClN2O3S. The van der Waals surface area contributed by atoms with E-state index in [0.717, 1.165) is 39.9 Å². The molecule has 158 valence electrons.